The molecule has 1 aromatic heterocycles. The molecular weight excluding hydrogens is 270 g/mol. The number of rotatable bonds is 9. The van der Waals surface area contributed by atoms with E-state index in [1.165, 1.54) is 16.9 Å². The number of aromatic nitrogens is 2. The summed E-state index contributed by atoms with van der Waals surface area (Å²) in [5.41, 5.74) is 1.35. The minimum atomic E-state index is 0.673. The van der Waals surface area contributed by atoms with E-state index in [1.807, 2.05) is 6.07 Å². The van der Waals surface area contributed by atoms with Gasteiger partial charge in [-0.1, -0.05) is 48.6 Å². The number of benzene rings is 1. The molecule has 0 fully saturated rings. The summed E-state index contributed by atoms with van der Waals surface area (Å²) in [6.45, 7) is 4.62. The fourth-order valence-corrected chi connectivity index (χ4v) is 2.50. The van der Waals surface area contributed by atoms with Crippen molar-refractivity contribution < 1.29 is 4.74 Å². The minimum absolute atomic E-state index is 0.673. The molecule has 0 saturated carbocycles. The number of aryl methyl sites for hydroxylation is 1. The van der Waals surface area contributed by atoms with Crippen molar-refractivity contribution in [3.63, 3.8) is 0 Å². The zero-order valence-electron chi connectivity index (χ0n) is 11.8. The van der Waals surface area contributed by atoms with Crippen LogP contribution in [0.1, 0.15) is 30.3 Å². The molecule has 0 saturated heterocycles. The molecule has 4 nitrogen and oxygen atoms in total. The van der Waals surface area contributed by atoms with Crippen molar-refractivity contribution in [2.75, 3.05) is 13.2 Å². The third-order valence-corrected chi connectivity index (χ3v) is 3.67. The van der Waals surface area contributed by atoms with E-state index < -0.39 is 0 Å². The molecular formula is C15H21N3OS. The van der Waals surface area contributed by atoms with E-state index >= 15 is 0 Å². The highest BCUT2D eigenvalue weighted by molar-refractivity contribution is 7.13. The lowest BCUT2D eigenvalue weighted by Crippen LogP contribution is -2.13. The topological polar surface area (TPSA) is 47.0 Å². The predicted molar refractivity (Wildman–Crippen MR) is 82.2 cm³/mol. The van der Waals surface area contributed by atoms with Gasteiger partial charge in [0.05, 0.1) is 6.61 Å². The van der Waals surface area contributed by atoms with Crippen molar-refractivity contribution in [1.29, 1.82) is 0 Å². The fraction of sp³-hybridized carbons (Fsp3) is 0.467. The van der Waals surface area contributed by atoms with E-state index in [0.717, 1.165) is 37.4 Å². The Kier molecular flexibility index (Phi) is 6.47. The summed E-state index contributed by atoms with van der Waals surface area (Å²) < 4.78 is 5.63. The van der Waals surface area contributed by atoms with Crippen LogP contribution in [0.15, 0.2) is 30.3 Å². The Morgan fingerprint density at radius 1 is 1.20 bits per heavy atom. The molecule has 1 heterocycles. The van der Waals surface area contributed by atoms with Crippen LogP contribution in [0.4, 0.5) is 0 Å². The molecule has 2 aromatic rings. The summed E-state index contributed by atoms with van der Waals surface area (Å²) in [5, 5.41) is 13.1. The van der Waals surface area contributed by atoms with Crippen LogP contribution in [0.2, 0.25) is 0 Å². The van der Waals surface area contributed by atoms with Gasteiger partial charge in [-0.2, -0.15) is 0 Å². The molecule has 20 heavy (non-hydrogen) atoms. The maximum absolute atomic E-state index is 5.63. The molecule has 0 spiro atoms. The first-order valence-corrected chi connectivity index (χ1v) is 7.90. The lowest BCUT2D eigenvalue weighted by molar-refractivity contribution is 0.307. The third-order valence-electron chi connectivity index (χ3n) is 2.83. The number of ether oxygens (including phenoxy) is 1. The quantitative estimate of drug-likeness (QED) is 0.721. The highest BCUT2D eigenvalue weighted by Crippen LogP contribution is 2.17. The normalized spacial score (nSPS) is 10.7. The summed E-state index contributed by atoms with van der Waals surface area (Å²) in [7, 11) is 0. The van der Waals surface area contributed by atoms with Gasteiger partial charge in [0.2, 0.25) is 0 Å². The van der Waals surface area contributed by atoms with Gasteiger partial charge in [-0.25, -0.2) is 0 Å². The lowest BCUT2D eigenvalue weighted by Gasteiger charge is -2.02. The van der Waals surface area contributed by atoms with E-state index in [1.54, 1.807) is 0 Å². The Bertz CT molecular complexity index is 487. The summed E-state index contributed by atoms with van der Waals surface area (Å²) in [5.74, 6) is 0. The van der Waals surface area contributed by atoms with Crippen LogP contribution in [0.3, 0.4) is 0 Å². The van der Waals surface area contributed by atoms with Crippen LogP contribution in [0.25, 0.3) is 0 Å². The van der Waals surface area contributed by atoms with Crippen molar-refractivity contribution in [2.24, 2.45) is 0 Å². The molecule has 1 N–H and O–H groups in total. The van der Waals surface area contributed by atoms with Crippen LogP contribution >= 0.6 is 11.3 Å². The average molecular weight is 291 g/mol. The number of hydrogen-bond acceptors (Lipinski definition) is 5. The molecule has 0 aliphatic heterocycles. The van der Waals surface area contributed by atoms with Crippen molar-refractivity contribution in [3.8, 4) is 5.19 Å². The monoisotopic (exact) mass is 291 g/mol. The van der Waals surface area contributed by atoms with Gasteiger partial charge in [0.15, 0.2) is 0 Å². The van der Waals surface area contributed by atoms with E-state index in [9.17, 15) is 0 Å². The van der Waals surface area contributed by atoms with Crippen molar-refractivity contribution in [2.45, 2.75) is 32.7 Å². The number of nitrogens with one attached hydrogen (secondary N) is 1. The Balaban J connectivity index is 1.64. The first-order chi connectivity index (χ1) is 9.88. The summed E-state index contributed by atoms with van der Waals surface area (Å²) in [4.78, 5) is 0. The summed E-state index contributed by atoms with van der Waals surface area (Å²) >= 11 is 1.52. The second-order valence-electron chi connectivity index (χ2n) is 4.58. The van der Waals surface area contributed by atoms with Crippen LogP contribution < -0.4 is 10.1 Å². The molecule has 108 valence electrons. The second kappa shape index (κ2) is 8.66. The molecule has 0 radical (unpaired) electrons. The predicted octanol–water partition coefficient (Wildman–Crippen LogP) is 3.05. The van der Waals surface area contributed by atoms with Crippen LogP contribution in [0.5, 0.6) is 5.19 Å². The molecule has 0 aliphatic rings. The van der Waals surface area contributed by atoms with Gasteiger partial charge >= 0.3 is 0 Å². The lowest BCUT2D eigenvalue weighted by atomic mass is 10.1. The standard InChI is InChI=1S/C15H21N3OS/c1-2-10-16-12-14-17-18-15(20-14)19-11-6-9-13-7-4-3-5-8-13/h3-5,7-8,16H,2,6,9-12H2,1H3. The third kappa shape index (κ3) is 5.27. The molecule has 1 aromatic carbocycles. The minimum Gasteiger partial charge on any atom is -0.469 e. The average Bonchev–Trinajstić information content (AvgIpc) is 2.93. The molecule has 5 heteroatoms. The second-order valence-corrected chi connectivity index (χ2v) is 5.60. The zero-order chi connectivity index (χ0) is 14.0. The van der Waals surface area contributed by atoms with Gasteiger partial charge in [0, 0.05) is 6.54 Å². The Morgan fingerprint density at radius 2 is 2.05 bits per heavy atom. The first-order valence-electron chi connectivity index (χ1n) is 7.08. The van der Waals surface area contributed by atoms with Crippen molar-refractivity contribution in [1.82, 2.24) is 15.5 Å². The maximum atomic E-state index is 5.63. The molecule has 0 bridgehead atoms. The van der Waals surface area contributed by atoms with Gasteiger partial charge in [0.25, 0.3) is 5.19 Å². The molecule has 0 unspecified atom stereocenters. The molecule has 0 atom stereocenters. The summed E-state index contributed by atoms with van der Waals surface area (Å²) in [6.07, 6.45) is 3.15. The SMILES string of the molecule is CCCNCc1nnc(OCCCc2ccccc2)s1. The first kappa shape index (κ1) is 14.9. The van der Waals surface area contributed by atoms with Gasteiger partial charge in [0.1, 0.15) is 5.01 Å². The van der Waals surface area contributed by atoms with Crippen molar-refractivity contribution in [3.05, 3.63) is 40.9 Å². The highest BCUT2D eigenvalue weighted by atomic mass is 32.1. The van der Waals surface area contributed by atoms with Crippen LogP contribution in [0, 0.1) is 0 Å². The molecule has 0 amide bonds. The van der Waals surface area contributed by atoms with Crippen LogP contribution in [-0.4, -0.2) is 23.3 Å². The van der Waals surface area contributed by atoms with Gasteiger partial charge in [-0.3, -0.25) is 0 Å². The Morgan fingerprint density at radius 3 is 2.85 bits per heavy atom. The highest BCUT2D eigenvalue weighted by Gasteiger charge is 2.04. The zero-order valence-corrected chi connectivity index (χ0v) is 12.7. The van der Waals surface area contributed by atoms with Gasteiger partial charge in [-0.15, -0.1) is 10.2 Å². The maximum Gasteiger partial charge on any atom is 0.294 e. The molecule has 0 aliphatic carbocycles. The van der Waals surface area contributed by atoms with E-state index in [0.29, 0.717) is 11.8 Å². The Hall–Kier alpha value is -1.46. The van der Waals surface area contributed by atoms with Crippen LogP contribution in [-0.2, 0) is 13.0 Å². The smallest absolute Gasteiger partial charge is 0.294 e. The number of hydrogen-bond donors (Lipinski definition) is 1. The Labute approximate surface area is 124 Å². The van der Waals surface area contributed by atoms with Gasteiger partial charge in [-0.05, 0) is 31.4 Å². The number of nitrogens with zero attached hydrogens (tertiary/aromatic N) is 2. The fourth-order valence-electron chi connectivity index (χ4n) is 1.82. The van der Waals surface area contributed by atoms with E-state index in [2.05, 4.69) is 46.7 Å². The van der Waals surface area contributed by atoms with Gasteiger partial charge < -0.3 is 10.1 Å². The van der Waals surface area contributed by atoms with E-state index in [4.69, 9.17) is 4.74 Å². The van der Waals surface area contributed by atoms with E-state index in [-0.39, 0.29) is 0 Å². The van der Waals surface area contributed by atoms with Crippen molar-refractivity contribution >= 4 is 11.3 Å². The summed E-state index contributed by atoms with van der Waals surface area (Å²) in [6, 6.07) is 10.5. The largest absolute Gasteiger partial charge is 0.469 e. The molecule has 2 rings (SSSR count).